The first-order chi connectivity index (χ1) is 8.73. The zero-order valence-electron chi connectivity index (χ0n) is 11.8. The molecule has 7 nitrogen and oxygen atoms in total. The molecule has 0 radical (unpaired) electrons. The molecule has 3 amide bonds. The Balaban J connectivity index is 3.91. The molecule has 19 heavy (non-hydrogen) atoms. The van der Waals surface area contributed by atoms with Crippen LogP contribution in [0.15, 0.2) is 0 Å². The molecule has 0 aliphatic rings. The molecule has 0 saturated carbocycles. The summed E-state index contributed by atoms with van der Waals surface area (Å²) in [4.78, 5) is 33.5. The van der Waals surface area contributed by atoms with Crippen molar-refractivity contribution in [2.75, 3.05) is 6.54 Å². The molecule has 4 N–H and O–H groups in total. The predicted octanol–water partition coefficient (Wildman–Crippen LogP) is 0.310. The van der Waals surface area contributed by atoms with Crippen molar-refractivity contribution in [1.82, 2.24) is 16.0 Å². The molecule has 7 heteroatoms. The molecule has 2 unspecified atom stereocenters. The third-order valence-electron chi connectivity index (χ3n) is 2.46. The lowest BCUT2D eigenvalue weighted by atomic mass is 10.1. The van der Waals surface area contributed by atoms with Crippen LogP contribution in [0, 0.1) is 5.92 Å². The summed E-state index contributed by atoms with van der Waals surface area (Å²) >= 11 is 0. The highest BCUT2D eigenvalue weighted by Crippen LogP contribution is 1.99. The molecule has 0 aliphatic carbocycles. The SMILES string of the molecule is CC(C)NC(=O)C(C)NC(=O)NCCC(C)C(=O)O. The Hall–Kier alpha value is -1.79. The van der Waals surface area contributed by atoms with Crippen molar-refractivity contribution in [2.24, 2.45) is 5.92 Å². The van der Waals surface area contributed by atoms with Gasteiger partial charge in [0.05, 0.1) is 5.92 Å². The lowest BCUT2D eigenvalue weighted by molar-refractivity contribution is -0.141. The molecular weight excluding hydrogens is 250 g/mol. The van der Waals surface area contributed by atoms with E-state index < -0.39 is 24.0 Å². The summed E-state index contributed by atoms with van der Waals surface area (Å²) in [7, 11) is 0. The topological polar surface area (TPSA) is 108 Å². The van der Waals surface area contributed by atoms with Gasteiger partial charge in [-0.15, -0.1) is 0 Å². The monoisotopic (exact) mass is 273 g/mol. The van der Waals surface area contributed by atoms with Crippen molar-refractivity contribution in [2.45, 2.75) is 46.2 Å². The molecule has 0 fully saturated rings. The van der Waals surface area contributed by atoms with Gasteiger partial charge in [0, 0.05) is 12.6 Å². The number of carboxylic acid groups (broad SMARTS) is 1. The van der Waals surface area contributed by atoms with Crippen LogP contribution in [-0.4, -0.2) is 41.6 Å². The van der Waals surface area contributed by atoms with Crippen LogP contribution in [0.3, 0.4) is 0 Å². The molecule has 0 aromatic rings. The Bertz CT molecular complexity index is 331. The average molecular weight is 273 g/mol. The summed E-state index contributed by atoms with van der Waals surface area (Å²) in [6.07, 6.45) is 0.343. The quantitative estimate of drug-likeness (QED) is 0.535. The molecule has 110 valence electrons. The van der Waals surface area contributed by atoms with Crippen molar-refractivity contribution in [3.63, 3.8) is 0 Å². The Labute approximate surface area is 113 Å². The minimum Gasteiger partial charge on any atom is -0.481 e. The first kappa shape index (κ1) is 17.2. The van der Waals surface area contributed by atoms with Gasteiger partial charge in [0.1, 0.15) is 6.04 Å². The van der Waals surface area contributed by atoms with E-state index in [1.807, 2.05) is 13.8 Å². The number of hydrogen-bond donors (Lipinski definition) is 4. The number of carbonyl (C=O) groups is 3. The smallest absolute Gasteiger partial charge is 0.315 e. The summed E-state index contributed by atoms with van der Waals surface area (Å²) in [5.41, 5.74) is 0. The molecule has 0 heterocycles. The van der Waals surface area contributed by atoms with E-state index in [1.54, 1.807) is 13.8 Å². The number of amides is 3. The van der Waals surface area contributed by atoms with Gasteiger partial charge in [0.25, 0.3) is 0 Å². The second kappa shape index (κ2) is 8.34. The van der Waals surface area contributed by atoms with E-state index in [-0.39, 0.29) is 18.5 Å². The third-order valence-corrected chi connectivity index (χ3v) is 2.46. The average Bonchev–Trinajstić information content (AvgIpc) is 2.27. The van der Waals surface area contributed by atoms with E-state index in [9.17, 15) is 14.4 Å². The summed E-state index contributed by atoms with van der Waals surface area (Å²) < 4.78 is 0. The van der Waals surface area contributed by atoms with E-state index in [4.69, 9.17) is 5.11 Å². The van der Waals surface area contributed by atoms with E-state index in [1.165, 1.54) is 0 Å². The molecule has 0 aromatic carbocycles. The lowest BCUT2D eigenvalue weighted by Gasteiger charge is -2.16. The molecule has 2 atom stereocenters. The maximum atomic E-state index is 11.5. The van der Waals surface area contributed by atoms with Gasteiger partial charge in [-0.2, -0.15) is 0 Å². The normalized spacial score (nSPS) is 13.5. The molecule has 0 aromatic heterocycles. The largest absolute Gasteiger partial charge is 0.481 e. The number of urea groups is 1. The van der Waals surface area contributed by atoms with Gasteiger partial charge in [0.15, 0.2) is 0 Å². The fourth-order valence-corrected chi connectivity index (χ4v) is 1.25. The van der Waals surface area contributed by atoms with Gasteiger partial charge in [0.2, 0.25) is 5.91 Å². The van der Waals surface area contributed by atoms with E-state index in [0.717, 1.165) is 0 Å². The van der Waals surface area contributed by atoms with E-state index in [0.29, 0.717) is 6.42 Å². The first-order valence-electron chi connectivity index (χ1n) is 6.31. The van der Waals surface area contributed by atoms with Crippen molar-refractivity contribution in [1.29, 1.82) is 0 Å². The van der Waals surface area contributed by atoms with Gasteiger partial charge < -0.3 is 21.1 Å². The highest BCUT2D eigenvalue weighted by atomic mass is 16.4. The van der Waals surface area contributed by atoms with Crippen LogP contribution in [-0.2, 0) is 9.59 Å². The van der Waals surface area contributed by atoms with Crippen LogP contribution in [0.1, 0.15) is 34.1 Å². The molecule has 0 rings (SSSR count). The highest BCUT2D eigenvalue weighted by Gasteiger charge is 2.16. The highest BCUT2D eigenvalue weighted by molar-refractivity contribution is 5.86. The molecule has 0 aliphatic heterocycles. The van der Waals surface area contributed by atoms with Crippen LogP contribution in [0.5, 0.6) is 0 Å². The number of aliphatic carboxylic acids is 1. The summed E-state index contributed by atoms with van der Waals surface area (Å²) in [5.74, 6) is -1.67. The minimum atomic E-state index is -0.896. The summed E-state index contributed by atoms with van der Waals surface area (Å²) in [5, 5.41) is 16.3. The third kappa shape index (κ3) is 8.01. The Morgan fingerprint density at radius 1 is 1.05 bits per heavy atom. The summed E-state index contributed by atoms with van der Waals surface area (Å²) in [6, 6.07) is -1.11. The van der Waals surface area contributed by atoms with Crippen molar-refractivity contribution < 1.29 is 19.5 Å². The van der Waals surface area contributed by atoms with Crippen LogP contribution in [0.2, 0.25) is 0 Å². The second-order valence-electron chi connectivity index (χ2n) is 4.81. The standard InChI is InChI=1S/C12H23N3O4/c1-7(2)14-10(16)9(4)15-12(19)13-6-5-8(3)11(17)18/h7-9H,5-6H2,1-4H3,(H,14,16)(H,17,18)(H2,13,15,19). The van der Waals surface area contributed by atoms with Gasteiger partial charge in [-0.1, -0.05) is 6.92 Å². The van der Waals surface area contributed by atoms with E-state index in [2.05, 4.69) is 16.0 Å². The van der Waals surface area contributed by atoms with Gasteiger partial charge in [-0.25, -0.2) is 4.79 Å². The predicted molar refractivity (Wildman–Crippen MR) is 70.7 cm³/mol. The van der Waals surface area contributed by atoms with Crippen LogP contribution >= 0.6 is 0 Å². The van der Waals surface area contributed by atoms with Crippen molar-refractivity contribution in [3.05, 3.63) is 0 Å². The number of hydrogen-bond acceptors (Lipinski definition) is 3. The number of carboxylic acids is 1. The fraction of sp³-hybridized carbons (Fsp3) is 0.750. The van der Waals surface area contributed by atoms with Gasteiger partial charge in [-0.3, -0.25) is 9.59 Å². The second-order valence-corrected chi connectivity index (χ2v) is 4.81. The summed E-state index contributed by atoms with van der Waals surface area (Å²) in [6.45, 7) is 7.06. The number of carbonyl (C=O) groups excluding carboxylic acids is 2. The zero-order chi connectivity index (χ0) is 15.0. The molecular formula is C12H23N3O4. The van der Waals surface area contributed by atoms with E-state index >= 15 is 0 Å². The van der Waals surface area contributed by atoms with Crippen molar-refractivity contribution in [3.8, 4) is 0 Å². The molecule has 0 spiro atoms. The number of nitrogens with one attached hydrogen (secondary N) is 3. The van der Waals surface area contributed by atoms with Gasteiger partial charge >= 0.3 is 12.0 Å². The first-order valence-corrected chi connectivity index (χ1v) is 6.31. The van der Waals surface area contributed by atoms with Crippen LogP contribution in [0.25, 0.3) is 0 Å². The number of rotatable bonds is 7. The Morgan fingerprint density at radius 3 is 2.11 bits per heavy atom. The maximum absolute atomic E-state index is 11.5. The van der Waals surface area contributed by atoms with Crippen LogP contribution in [0.4, 0.5) is 4.79 Å². The van der Waals surface area contributed by atoms with Crippen molar-refractivity contribution >= 4 is 17.9 Å². The fourth-order valence-electron chi connectivity index (χ4n) is 1.25. The Morgan fingerprint density at radius 2 is 1.63 bits per heavy atom. The zero-order valence-corrected chi connectivity index (χ0v) is 11.8. The maximum Gasteiger partial charge on any atom is 0.315 e. The lowest BCUT2D eigenvalue weighted by Crippen LogP contribution is -2.50. The molecule has 0 saturated heterocycles. The minimum absolute atomic E-state index is 0.0104. The van der Waals surface area contributed by atoms with Crippen LogP contribution < -0.4 is 16.0 Å². The van der Waals surface area contributed by atoms with Gasteiger partial charge in [-0.05, 0) is 27.2 Å². The Kier molecular flexibility index (Phi) is 7.55. The molecule has 0 bridgehead atoms.